The first-order valence-corrected chi connectivity index (χ1v) is 9.78. The maximum absolute atomic E-state index is 13.4. The zero-order valence-electron chi connectivity index (χ0n) is 16.8. The summed E-state index contributed by atoms with van der Waals surface area (Å²) in [4.78, 5) is 28.3. The van der Waals surface area contributed by atoms with Crippen LogP contribution in [0, 0.1) is 5.92 Å². The Morgan fingerprint density at radius 3 is 2.90 bits per heavy atom. The van der Waals surface area contributed by atoms with Crippen LogP contribution in [0.5, 0.6) is 5.88 Å². The summed E-state index contributed by atoms with van der Waals surface area (Å²) in [5.74, 6) is 2.07. The van der Waals surface area contributed by atoms with Crippen molar-refractivity contribution >= 4 is 5.91 Å². The molecule has 4 rings (SSSR count). The van der Waals surface area contributed by atoms with Crippen molar-refractivity contribution in [3.8, 4) is 17.3 Å². The Bertz CT molecular complexity index is 1000. The number of rotatable bonds is 5. The molecule has 0 aromatic carbocycles. The molecular formula is C21H24N6O2. The summed E-state index contributed by atoms with van der Waals surface area (Å²) < 4.78 is 7.11. The molecule has 29 heavy (non-hydrogen) atoms. The quantitative estimate of drug-likeness (QED) is 0.663. The van der Waals surface area contributed by atoms with Gasteiger partial charge in [0.15, 0.2) is 11.6 Å². The van der Waals surface area contributed by atoms with E-state index in [0.29, 0.717) is 30.4 Å². The summed E-state index contributed by atoms with van der Waals surface area (Å²) in [6.07, 6.45) is 6.00. The largest absolute Gasteiger partial charge is 0.481 e. The fourth-order valence-electron chi connectivity index (χ4n) is 3.67. The van der Waals surface area contributed by atoms with E-state index in [1.54, 1.807) is 37.8 Å². The minimum absolute atomic E-state index is 0.0480. The van der Waals surface area contributed by atoms with E-state index in [9.17, 15) is 4.79 Å². The lowest BCUT2D eigenvalue weighted by atomic mass is 9.94. The highest BCUT2D eigenvalue weighted by Gasteiger charge is 2.37. The Labute approximate surface area is 169 Å². The van der Waals surface area contributed by atoms with Gasteiger partial charge in [-0.25, -0.2) is 14.6 Å². The Hall–Kier alpha value is -3.29. The van der Waals surface area contributed by atoms with E-state index in [2.05, 4.69) is 28.9 Å². The minimum atomic E-state index is -0.154. The van der Waals surface area contributed by atoms with Crippen molar-refractivity contribution in [3.63, 3.8) is 0 Å². The number of ether oxygens (including phenoxy) is 1. The van der Waals surface area contributed by atoms with Crippen LogP contribution in [0.4, 0.5) is 0 Å². The zero-order valence-corrected chi connectivity index (χ0v) is 16.8. The Kier molecular flexibility index (Phi) is 5.24. The molecule has 1 aliphatic rings. The van der Waals surface area contributed by atoms with Gasteiger partial charge in [-0.05, 0) is 24.1 Å². The maximum atomic E-state index is 13.4. The van der Waals surface area contributed by atoms with E-state index >= 15 is 0 Å². The van der Waals surface area contributed by atoms with Gasteiger partial charge in [0, 0.05) is 42.3 Å². The second-order valence-electron chi connectivity index (χ2n) is 7.17. The molecule has 0 radical (unpaired) electrons. The lowest BCUT2D eigenvalue weighted by molar-refractivity contribution is 0.0518. The zero-order chi connectivity index (χ0) is 20.4. The number of amides is 1. The van der Waals surface area contributed by atoms with Crippen LogP contribution in [-0.2, 0) is 6.54 Å². The lowest BCUT2D eigenvalue weighted by Gasteiger charge is -2.38. The van der Waals surface area contributed by atoms with Crippen molar-refractivity contribution in [2.45, 2.75) is 32.9 Å². The van der Waals surface area contributed by atoms with Crippen LogP contribution in [0.25, 0.3) is 11.4 Å². The van der Waals surface area contributed by atoms with Crippen LogP contribution in [0.1, 0.15) is 42.5 Å². The van der Waals surface area contributed by atoms with E-state index in [1.807, 2.05) is 21.7 Å². The summed E-state index contributed by atoms with van der Waals surface area (Å²) >= 11 is 0. The van der Waals surface area contributed by atoms with Gasteiger partial charge in [-0.1, -0.05) is 20.3 Å². The highest BCUT2D eigenvalue weighted by Crippen LogP contribution is 2.35. The standard InChI is InChI=1S/C21H24N6O2/c1-4-14(2)18-20-24-19(16-6-5-8-22-13-16)25-27(20)11-10-26(18)21(28)15-7-9-23-17(12-15)29-3/h5-9,12-14,18H,4,10-11H2,1-3H3/t14-,18-/m0/s1. The number of pyridine rings is 2. The van der Waals surface area contributed by atoms with E-state index in [0.717, 1.165) is 17.8 Å². The number of hydrogen-bond acceptors (Lipinski definition) is 6. The number of carbonyl (C=O) groups excluding carboxylic acids is 1. The first kappa shape index (κ1) is 19.0. The van der Waals surface area contributed by atoms with Crippen molar-refractivity contribution in [3.05, 3.63) is 54.2 Å². The van der Waals surface area contributed by atoms with Gasteiger partial charge in [-0.2, -0.15) is 5.10 Å². The molecule has 0 saturated carbocycles. The normalized spacial score (nSPS) is 16.9. The first-order valence-electron chi connectivity index (χ1n) is 9.78. The molecule has 0 saturated heterocycles. The van der Waals surface area contributed by atoms with Crippen molar-refractivity contribution in [1.82, 2.24) is 29.6 Å². The molecule has 150 valence electrons. The third-order valence-corrected chi connectivity index (χ3v) is 5.41. The van der Waals surface area contributed by atoms with Crippen LogP contribution in [0.3, 0.4) is 0 Å². The Morgan fingerprint density at radius 2 is 2.17 bits per heavy atom. The molecular weight excluding hydrogens is 368 g/mol. The van der Waals surface area contributed by atoms with Gasteiger partial charge in [-0.15, -0.1) is 0 Å². The van der Waals surface area contributed by atoms with Crippen molar-refractivity contribution in [2.24, 2.45) is 5.92 Å². The molecule has 0 fully saturated rings. The summed E-state index contributed by atoms with van der Waals surface area (Å²) in [7, 11) is 1.54. The molecule has 3 aromatic rings. The van der Waals surface area contributed by atoms with Gasteiger partial charge >= 0.3 is 0 Å². The molecule has 1 aliphatic heterocycles. The molecule has 1 amide bonds. The highest BCUT2D eigenvalue weighted by molar-refractivity contribution is 5.94. The summed E-state index contributed by atoms with van der Waals surface area (Å²) in [6, 6.07) is 7.06. The van der Waals surface area contributed by atoms with Crippen LogP contribution < -0.4 is 4.74 Å². The van der Waals surface area contributed by atoms with Crippen LogP contribution in [0.15, 0.2) is 42.9 Å². The molecule has 0 unspecified atom stereocenters. The van der Waals surface area contributed by atoms with E-state index < -0.39 is 0 Å². The summed E-state index contributed by atoms with van der Waals surface area (Å²) in [5.41, 5.74) is 1.43. The second kappa shape index (κ2) is 7.98. The number of fused-ring (bicyclic) bond motifs is 1. The predicted octanol–water partition coefficient (Wildman–Crippen LogP) is 2.99. The van der Waals surface area contributed by atoms with Crippen LogP contribution >= 0.6 is 0 Å². The van der Waals surface area contributed by atoms with Crippen LogP contribution in [-0.4, -0.2) is 49.2 Å². The van der Waals surface area contributed by atoms with Crippen LogP contribution in [0.2, 0.25) is 0 Å². The Morgan fingerprint density at radius 1 is 1.31 bits per heavy atom. The van der Waals surface area contributed by atoms with Crippen molar-refractivity contribution < 1.29 is 9.53 Å². The lowest BCUT2D eigenvalue weighted by Crippen LogP contribution is -2.45. The van der Waals surface area contributed by atoms with Gasteiger partial charge in [0.25, 0.3) is 5.91 Å². The van der Waals surface area contributed by atoms with E-state index in [1.165, 1.54) is 0 Å². The average molecular weight is 392 g/mol. The molecule has 0 bridgehead atoms. The molecule has 0 spiro atoms. The third kappa shape index (κ3) is 3.57. The number of carbonyl (C=O) groups is 1. The molecule has 8 heteroatoms. The molecule has 2 atom stereocenters. The number of nitrogens with zero attached hydrogens (tertiary/aromatic N) is 6. The number of methoxy groups -OCH3 is 1. The molecule has 3 aromatic heterocycles. The summed E-state index contributed by atoms with van der Waals surface area (Å²) in [5, 5.41) is 4.68. The van der Waals surface area contributed by atoms with Gasteiger partial charge in [-0.3, -0.25) is 9.78 Å². The molecule has 4 heterocycles. The molecule has 0 N–H and O–H groups in total. The Balaban J connectivity index is 1.72. The van der Waals surface area contributed by atoms with Crippen molar-refractivity contribution in [2.75, 3.05) is 13.7 Å². The smallest absolute Gasteiger partial charge is 0.254 e. The summed E-state index contributed by atoms with van der Waals surface area (Å²) in [6.45, 7) is 5.44. The van der Waals surface area contributed by atoms with Gasteiger partial charge in [0.1, 0.15) is 0 Å². The van der Waals surface area contributed by atoms with Gasteiger partial charge in [0.05, 0.1) is 19.7 Å². The topological polar surface area (TPSA) is 86.0 Å². The van der Waals surface area contributed by atoms with Gasteiger partial charge in [0.2, 0.25) is 5.88 Å². The van der Waals surface area contributed by atoms with Gasteiger partial charge < -0.3 is 9.64 Å². The molecule has 8 nitrogen and oxygen atoms in total. The second-order valence-corrected chi connectivity index (χ2v) is 7.17. The monoisotopic (exact) mass is 392 g/mol. The maximum Gasteiger partial charge on any atom is 0.254 e. The third-order valence-electron chi connectivity index (χ3n) is 5.41. The van der Waals surface area contributed by atoms with E-state index in [-0.39, 0.29) is 17.9 Å². The minimum Gasteiger partial charge on any atom is -0.481 e. The fraction of sp³-hybridized carbons (Fsp3) is 0.381. The SMILES string of the molecule is CC[C@H](C)[C@H]1c2nc(-c3cccnc3)nn2CCN1C(=O)c1ccnc(OC)c1. The number of aromatic nitrogens is 5. The average Bonchev–Trinajstić information content (AvgIpc) is 3.22. The van der Waals surface area contributed by atoms with Crippen molar-refractivity contribution in [1.29, 1.82) is 0 Å². The van der Waals surface area contributed by atoms with E-state index in [4.69, 9.17) is 9.72 Å². The number of hydrogen-bond donors (Lipinski definition) is 0. The first-order chi connectivity index (χ1) is 14.1. The molecule has 0 aliphatic carbocycles. The fourth-order valence-corrected chi connectivity index (χ4v) is 3.67. The predicted molar refractivity (Wildman–Crippen MR) is 107 cm³/mol. The highest BCUT2D eigenvalue weighted by atomic mass is 16.5.